The van der Waals surface area contributed by atoms with Gasteiger partial charge in [0.2, 0.25) is 5.91 Å². The first-order chi connectivity index (χ1) is 12.7. The van der Waals surface area contributed by atoms with E-state index in [4.69, 9.17) is 0 Å². The van der Waals surface area contributed by atoms with Crippen molar-refractivity contribution in [3.8, 4) is 0 Å². The standard InChI is InChI=1S/C20H28N4O2/c25-18-17(20(14-23-18)7-9-21-10-8-20)22-13-15-3-5-16(6-4-15)19(26)24-11-1-2-12-24/h3-6,17,21-22H,1-2,7-14H2,(H,23,25). The highest BCUT2D eigenvalue weighted by Crippen LogP contribution is 2.36. The SMILES string of the molecule is O=C1NCC2(CCNCC2)C1NCc1ccc(C(=O)N2CCCC2)cc1. The van der Waals surface area contributed by atoms with Gasteiger partial charge in [-0.25, -0.2) is 0 Å². The van der Waals surface area contributed by atoms with E-state index in [1.807, 2.05) is 29.2 Å². The van der Waals surface area contributed by atoms with E-state index in [1.165, 1.54) is 0 Å². The van der Waals surface area contributed by atoms with Crippen molar-refractivity contribution in [2.75, 3.05) is 32.7 Å². The summed E-state index contributed by atoms with van der Waals surface area (Å²) < 4.78 is 0. The summed E-state index contributed by atoms with van der Waals surface area (Å²) in [5, 5.41) is 9.90. The molecule has 1 aromatic rings. The highest BCUT2D eigenvalue weighted by Gasteiger charge is 2.48. The third kappa shape index (κ3) is 3.35. The number of carbonyl (C=O) groups is 2. The summed E-state index contributed by atoms with van der Waals surface area (Å²) in [6, 6.07) is 7.69. The number of nitrogens with one attached hydrogen (secondary N) is 3. The normalized spacial score (nSPS) is 24.8. The summed E-state index contributed by atoms with van der Waals surface area (Å²) in [6.07, 6.45) is 4.25. The molecule has 1 aromatic carbocycles. The van der Waals surface area contributed by atoms with Gasteiger partial charge in [-0.3, -0.25) is 9.59 Å². The smallest absolute Gasteiger partial charge is 0.253 e. The lowest BCUT2D eigenvalue weighted by molar-refractivity contribution is -0.122. The molecule has 6 nitrogen and oxygen atoms in total. The Morgan fingerprint density at radius 2 is 1.85 bits per heavy atom. The molecular formula is C20H28N4O2. The van der Waals surface area contributed by atoms with E-state index in [0.717, 1.165) is 69.5 Å². The minimum atomic E-state index is -0.129. The average Bonchev–Trinajstić information content (AvgIpc) is 3.31. The van der Waals surface area contributed by atoms with Gasteiger partial charge in [0, 0.05) is 37.2 Å². The van der Waals surface area contributed by atoms with Gasteiger partial charge in [0.15, 0.2) is 0 Å². The highest BCUT2D eigenvalue weighted by atomic mass is 16.2. The second kappa shape index (κ2) is 7.37. The fourth-order valence-corrected chi connectivity index (χ4v) is 4.53. The van der Waals surface area contributed by atoms with Gasteiger partial charge in [-0.15, -0.1) is 0 Å². The van der Waals surface area contributed by atoms with Gasteiger partial charge in [0.1, 0.15) is 0 Å². The molecule has 3 fully saturated rings. The van der Waals surface area contributed by atoms with Gasteiger partial charge in [-0.1, -0.05) is 12.1 Å². The lowest BCUT2D eigenvalue weighted by atomic mass is 9.75. The van der Waals surface area contributed by atoms with Gasteiger partial charge in [0.05, 0.1) is 6.04 Å². The molecule has 1 atom stereocenters. The second-order valence-electron chi connectivity index (χ2n) is 7.84. The number of amides is 2. The molecule has 3 saturated heterocycles. The lowest BCUT2D eigenvalue weighted by Crippen LogP contribution is -2.51. The lowest BCUT2D eigenvalue weighted by Gasteiger charge is -2.37. The van der Waals surface area contributed by atoms with Crippen LogP contribution in [-0.4, -0.2) is 55.5 Å². The van der Waals surface area contributed by atoms with E-state index < -0.39 is 0 Å². The van der Waals surface area contributed by atoms with Crippen LogP contribution in [0.3, 0.4) is 0 Å². The topological polar surface area (TPSA) is 73.5 Å². The van der Waals surface area contributed by atoms with Crippen LogP contribution < -0.4 is 16.0 Å². The monoisotopic (exact) mass is 356 g/mol. The number of likely N-dealkylation sites (tertiary alicyclic amines) is 1. The average molecular weight is 356 g/mol. The molecule has 6 heteroatoms. The molecule has 2 amide bonds. The maximum atomic E-state index is 12.4. The molecule has 4 rings (SSSR count). The van der Waals surface area contributed by atoms with Crippen molar-refractivity contribution in [3.05, 3.63) is 35.4 Å². The number of hydrogen-bond donors (Lipinski definition) is 3. The van der Waals surface area contributed by atoms with Gasteiger partial charge >= 0.3 is 0 Å². The molecule has 3 aliphatic heterocycles. The Bertz CT molecular complexity index is 661. The summed E-state index contributed by atoms with van der Waals surface area (Å²) >= 11 is 0. The van der Waals surface area contributed by atoms with Gasteiger partial charge in [-0.05, 0) is 56.5 Å². The molecule has 3 aliphatic rings. The Balaban J connectivity index is 1.38. The number of nitrogens with zero attached hydrogens (tertiary/aromatic N) is 1. The predicted molar refractivity (Wildman–Crippen MR) is 99.8 cm³/mol. The van der Waals surface area contributed by atoms with Crippen molar-refractivity contribution in [3.63, 3.8) is 0 Å². The number of carbonyl (C=O) groups excluding carboxylic acids is 2. The van der Waals surface area contributed by atoms with Crippen LogP contribution in [0.15, 0.2) is 24.3 Å². The van der Waals surface area contributed by atoms with Crippen LogP contribution in [0.1, 0.15) is 41.6 Å². The fraction of sp³-hybridized carbons (Fsp3) is 0.600. The van der Waals surface area contributed by atoms with Crippen LogP contribution in [0.5, 0.6) is 0 Å². The van der Waals surface area contributed by atoms with Crippen LogP contribution in [0.4, 0.5) is 0 Å². The first-order valence-electron chi connectivity index (χ1n) is 9.78. The van der Waals surface area contributed by atoms with Gasteiger partial charge < -0.3 is 20.9 Å². The van der Waals surface area contributed by atoms with Gasteiger partial charge in [-0.2, -0.15) is 0 Å². The molecule has 0 saturated carbocycles. The van der Waals surface area contributed by atoms with E-state index in [0.29, 0.717) is 6.54 Å². The van der Waals surface area contributed by atoms with Crippen LogP contribution in [0.25, 0.3) is 0 Å². The molecule has 1 spiro atoms. The maximum absolute atomic E-state index is 12.4. The van der Waals surface area contributed by atoms with E-state index in [-0.39, 0.29) is 23.3 Å². The van der Waals surface area contributed by atoms with E-state index in [2.05, 4.69) is 16.0 Å². The first kappa shape index (κ1) is 17.5. The largest absolute Gasteiger partial charge is 0.354 e. The summed E-state index contributed by atoms with van der Waals surface area (Å²) in [7, 11) is 0. The Morgan fingerprint density at radius 1 is 1.15 bits per heavy atom. The summed E-state index contributed by atoms with van der Waals surface area (Å²) in [4.78, 5) is 26.7. The summed E-state index contributed by atoms with van der Waals surface area (Å²) in [5.74, 6) is 0.249. The number of piperidine rings is 1. The molecule has 0 bridgehead atoms. The van der Waals surface area contributed by atoms with Crippen molar-refractivity contribution in [2.45, 2.75) is 38.3 Å². The first-order valence-corrected chi connectivity index (χ1v) is 9.78. The van der Waals surface area contributed by atoms with E-state index in [1.54, 1.807) is 0 Å². The van der Waals surface area contributed by atoms with Crippen LogP contribution in [0.2, 0.25) is 0 Å². The third-order valence-electron chi connectivity index (χ3n) is 6.19. The summed E-state index contributed by atoms with van der Waals surface area (Å²) in [5.41, 5.74) is 1.89. The van der Waals surface area contributed by atoms with Crippen molar-refractivity contribution < 1.29 is 9.59 Å². The van der Waals surface area contributed by atoms with Crippen molar-refractivity contribution in [1.82, 2.24) is 20.9 Å². The Labute approximate surface area is 154 Å². The molecule has 0 radical (unpaired) electrons. The van der Waals surface area contributed by atoms with Crippen molar-refractivity contribution >= 4 is 11.8 Å². The van der Waals surface area contributed by atoms with Crippen LogP contribution in [0, 0.1) is 5.41 Å². The number of benzene rings is 1. The third-order valence-corrected chi connectivity index (χ3v) is 6.19. The second-order valence-corrected chi connectivity index (χ2v) is 7.84. The zero-order valence-corrected chi connectivity index (χ0v) is 15.2. The van der Waals surface area contributed by atoms with Crippen LogP contribution in [-0.2, 0) is 11.3 Å². The number of rotatable bonds is 4. The highest BCUT2D eigenvalue weighted by molar-refractivity contribution is 5.94. The van der Waals surface area contributed by atoms with E-state index in [9.17, 15) is 9.59 Å². The van der Waals surface area contributed by atoms with Gasteiger partial charge in [0.25, 0.3) is 5.91 Å². The maximum Gasteiger partial charge on any atom is 0.253 e. The van der Waals surface area contributed by atoms with Crippen molar-refractivity contribution in [1.29, 1.82) is 0 Å². The molecule has 1 unspecified atom stereocenters. The molecule has 140 valence electrons. The minimum absolute atomic E-state index is 0.0357. The molecule has 3 N–H and O–H groups in total. The Morgan fingerprint density at radius 3 is 2.54 bits per heavy atom. The minimum Gasteiger partial charge on any atom is -0.354 e. The fourth-order valence-electron chi connectivity index (χ4n) is 4.53. The summed E-state index contributed by atoms with van der Waals surface area (Å²) in [6.45, 7) is 5.10. The van der Waals surface area contributed by atoms with E-state index >= 15 is 0 Å². The molecule has 26 heavy (non-hydrogen) atoms. The zero-order valence-electron chi connectivity index (χ0n) is 15.2. The molecule has 0 aromatic heterocycles. The quantitative estimate of drug-likeness (QED) is 0.749. The van der Waals surface area contributed by atoms with Crippen LogP contribution >= 0.6 is 0 Å². The van der Waals surface area contributed by atoms with Crippen molar-refractivity contribution in [2.24, 2.45) is 5.41 Å². The zero-order chi connectivity index (χ0) is 18.0. The predicted octanol–water partition coefficient (Wildman–Crippen LogP) is 0.880. The number of hydrogen-bond acceptors (Lipinski definition) is 4. The Hall–Kier alpha value is -1.92. The molecule has 0 aliphatic carbocycles. The Kier molecular flexibility index (Phi) is 4.96. The molecule has 3 heterocycles. The molecular weight excluding hydrogens is 328 g/mol.